The van der Waals surface area contributed by atoms with Crippen LogP contribution in [0.4, 0.5) is 0 Å². The highest BCUT2D eigenvalue weighted by Crippen LogP contribution is 1.80. The van der Waals surface area contributed by atoms with Gasteiger partial charge in [0.2, 0.25) is 5.91 Å². The van der Waals surface area contributed by atoms with Gasteiger partial charge in [0.05, 0.1) is 19.8 Å². The molecule has 0 heterocycles. The Balaban J connectivity index is -0.000000166. The number of carbonyl (C=O) groups excluding carboxylic acids is 1. The molecule has 0 spiro atoms. The first-order valence-corrected chi connectivity index (χ1v) is 4.02. The van der Waals surface area contributed by atoms with Gasteiger partial charge in [0.15, 0.2) is 0 Å². The third kappa shape index (κ3) is 29.5. The van der Waals surface area contributed by atoms with E-state index >= 15 is 0 Å². The van der Waals surface area contributed by atoms with Gasteiger partial charge in [0, 0.05) is 11.6 Å². The number of hydrogen-bond acceptors (Lipinski definition) is 5. The van der Waals surface area contributed by atoms with Gasteiger partial charge >= 0.3 is 5.97 Å². The molecule has 0 fully saturated rings. The first kappa shape index (κ1) is 19.8. The minimum absolute atomic E-state index is 0.0417. The fraction of sp³-hybridized carbons (Fsp3) is 0.333. The van der Waals surface area contributed by atoms with Crippen LogP contribution in [-0.4, -0.2) is 52.1 Å². The van der Waals surface area contributed by atoms with E-state index in [0.717, 1.165) is 6.08 Å². The number of carbonyl (C=O) groups is 2. The highest BCUT2D eigenvalue weighted by molar-refractivity contribution is 5.91. The lowest BCUT2D eigenvalue weighted by Crippen LogP contribution is -2.14. The lowest BCUT2D eigenvalue weighted by atomic mass is 10.3. The second-order valence-electron chi connectivity index (χ2n) is 2.12. The molecule has 0 rings (SSSR count). The summed E-state index contributed by atoms with van der Waals surface area (Å²) in [6, 6.07) is 0. The van der Waals surface area contributed by atoms with Crippen molar-refractivity contribution in [2.75, 3.05) is 19.8 Å². The number of primary amides is 1. The standard InChI is InChI=1S/C4H7NO2.C3H4O2.C2H6O2/c1-3(2-6)4(5)7;1-2-3(4)5;3-1-2-4/h6H,1-2H2,(H2,5,7);2H,1H2,(H,4,5);3-4H,1-2H2. The largest absolute Gasteiger partial charge is 0.478 e. The van der Waals surface area contributed by atoms with Crippen LogP contribution in [-0.2, 0) is 9.59 Å². The number of carboxylic acids is 1. The lowest BCUT2D eigenvalue weighted by Gasteiger charge is -1.88. The van der Waals surface area contributed by atoms with Crippen molar-refractivity contribution in [3.63, 3.8) is 0 Å². The molecule has 0 atom stereocenters. The van der Waals surface area contributed by atoms with Crippen molar-refractivity contribution in [1.29, 1.82) is 0 Å². The van der Waals surface area contributed by atoms with Crippen LogP contribution in [0.3, 0.4) is 0 Å². The van der Waals surface area contributed by atoms with E-state index in [2.05, 4.69) is 18.9 Å². The van der Waals surface area contributed by atoms with E-state index in [9.17, 15) is 9.59 Å². The summed E-state index contributed by atoms with van der Waals surface area (Å²) in [5, 5.41) is 31.0. The Hall–Kier alpha value is -1.70. The third-order valence-electron chi connectivity index (χ3n) is 0.814. The predicted octanol–water partition coefficient (Wildman–Crippen LogP) is -1.75. The minimum Gasteiger partial charge on any atom is -0.478 e. The first-order valence-electron chi connectivity index (χ1n) is 4.02. The summed E-state index contributed by atoms with van der Waals surface area (Å²) in [4.78, 5) is 19.1. The maximum absolute atomic E-state index is 9.89. The summed E-state index contributed by atoms with van der Waals surface area (Å²) in [6.07, 6.45) is 0.833. The van der Waals surface area contributed by atoms with E-state index in [-0.39, 0.29) is 25.4 Å². The van der Waals surface area contributed by atoms with Gasteiger partial charge in [-0.25, -0.2) is 4.79 Å². The second kappa shape index (κ2) is 15.8. The van der Waals surface area contributed by atoms with Gasteiger partial charge in [-0.05, 0) is 0 Å². The first-order chi connectivity index (χ1) is 7.37. The molecule has 6 N–H and O–H groups in total. The third-order valence-corrected chi connectivity index (χ3v) is 0.814. The van der Waals surface area contributed by atoms with Crippen LogP contribution in [0.15, 0.2) is 24.8 Å². The highest BCUT2D eigenvalue weighted by atomic mass is 16.4. The van der Waals surface area contributed by atoms with Crippen molar-refractivity contribution in [2.45, 2.75) is 0 Å². The summed E-state index contributed by atoms with van der Waals surface area (Å²) in [6.45, 7) is 5.51. The van der Waals surface area contributed by atoms with E-state index in [1.807, 2.05) is 0 Å². The lowest BCUT2D eigenvalue weighted by molar-refractivity contribution is -0.131. The summed E-state index contributed by atoms with van der Waals surface area (Å²) in [5.74, 6) is -1.63. The van der Waals surface area contributed by atoms with E-state index in [1.165, 1.54) is 0 Å². The molecule has 0 aliphatic carbocycles. The molecule has 16 heavy (non-hydrogen) atoms. The van der Waals surface area contributed by atoms with Gasteiger partial charge in [0.25, 0.3) is 0 Å². The Labute approximate surface area is 93.1 Å². The number of aliphatic carboxylic acids is 1. The normalized spacial score (nSPS) is 7.44. The smallest absolute Gasteiger partial charge is 0.327 e. The SMILES string of the molecule is C=C(CO)C(N)=O.C=CC(=O)O.OCCO. The van der Waals surface area contributed by atoms with Gasteiger partial charge in [-0.2, -0.15) is 0 Å². The number of rotatable bonds is 4. The monoisotopic (exact) mass is 235 g/mol. The highest BCUT2D eigenvalue weighted by Gasteiger charge is 1.94. The number of amides is 1. The van der Waals surface area contributed by atoms with Crippen LogP contribution in [0.2, 0.25) is 0 Å². The molecule has 0 saturated heterocycles. The van der Waals surface area contributed by atoms with Crippen molar-refractivity contribution in [3.05, 3.63) is 24.8 Å². The minimum atomic E-state index is -0.981. The zero-order valence-corrected chi connectivity index (χ0v) is 8.80. The van der Waals surface area contributed by atoms with Crippen LogP contribution in [0.5, 0.6) is 0 Å². The van der Waals surface area contributed by atoms with E-state index < -0.39 is 11.9 Å². The molecule has 0 unspecified atom stereocenters. The Morgan fingerprint density at radius 3 is 1.50 bits per heavy atom. The molecule has 0 aliphatic heterocycles. The number of aliphatic hydroxyl groups excluding tert-OH is 3. The van der Waals surface area contributed by atoms with Crippen molar-refractivity contribution >= 4 is 11.9 Å². The number of aliphatic hydroxyl groups is 3. The summed E-state index contributed by atoms with van der Waals surface area (Å²) in [7, 11) is 0. The van der Waals surface area contributed by atoms with Crippen LogP contribution in [0, 0.1) is 0 Å². The molecule has 0 bridgehead atoms. The predicted molar refractivity (Wildman–Crippen MR) is 57.4 cm³/mol. The molecule has 0 radical (unpaired) electrons. The van der Waals surface area contributed by atoms with Crippen LogP contribution < -0.4 is 5.73 Å². The maximum atomic E-state index is 9.89. The Morgan fingerprint density at radius 2 is 1.50 bits per heavy atom. The van der Waals surface area contributed by atoms with Gasteiger partial charge < -0.3 is 26.2 Å². The maximum Gasteiger partial charge on any atom is 0.327 e. The van der Waals surface area contributed by atoms with Gasteiger partial charge in [-0.1, -0.05) is 13.2 Å². The molecule has 0 saturated carbocycles. The molecule has 1 amide bonds. The van der Waals surface area contributed by atoms with Crippen molar-refractivity contribution in [1.82, 2.24) is 0 Å². The quantitative estimate of drug-likeness (QED) is 0.366. The van der Waals surface area contributed by atoms with Gasteiger partial charge in [0.1, 0.15) is 0 Å². The number of nitrogens with two attached hydrogens (primary N) is 1. The molecule has 0 aromatic carbocycles. The average Bonchev–Trinajstić information content (AvgIpc) is 2.28. The van der Waals surface area contributed by atoms with Crippen molar-refractivity contribution in [3.8, 4) is 0 Å². The topological polar surface area (TPSA) is 141 Å². The Morgan fingerprint density at radius 1 is 1.19 bits per heavy atom. The van der Waals surface area contributed by atoms with Gasteiger partial charge in [-0.15, -0.1) is 0 Å². The van der Waals surface area contributed by atoms with Crippen LogP contribution >= 0.6 is 0 Å². The second-order valence-corrected chi connectivity index (χ2v) is 2.12. The molecular weight excluding hydrogens is 218 g/mol. The van der Waals surface area contributed by atoms with Crippen LogP contribution in [0.25, 0.3) is 0 Å². The Kier molecular flexibility index (Phi) is 19.5. The molecule has 7 heteroatoms. The molecule has 0 aliphatic rings. The molecule has 0 aromatic heterocycles. The Bertz CT molecular complexity index is 224. The molecule has 0 aromatic rings. The average molecular weight is 235 g/mol. The van der Waals surface area contributed by atoms with E-state index in [4.69, 9.17) is 20.4 Å². The fourth-order valence-electron chi connectivity index (χ4n) is 0.0779. The summed E-state index contributed by atoms with van der Waals surface area (Å²) >= 11 is 0. The van der Waals surface area contributed by atoms with Crippen LogP contribution in [0.1, 0.15) is 0 Å². The van der Waals surface area contributed by atoms with Gasteiger partial charge in [-0.3, -0.25) is 4.79 Å². The fourth-order valence-corrected chi connectivity index (χ4v) is 0.0779. The molecule has 94 valence electrons. The van der Waals surface area contributed by atoms with E-state index in [0.29, 0.717) is 0 Å². The summed E-state index contributed by atoms with van der Waals surface area (Å²) < 4.78 is 0. The van der Waals surface area contributed by atoms with E-state index in [1.54, 1.807) is 0 Å². The zero-order valence-electron chi connectivity index (χ0n) is 8.80. The zero-order chi connectivity index (χ0) is 13.6. The van der Waals surface area contributed by atoms with Crippen molar-refractivity contribution in [2.24, 2.45) is 5.73 Å². The molecule has 7 nitrogen and oxygen atoms in total. The number of hydrogen-bond donors (Lipinski definition) is 5. The number of carboxylic acid groups (broad SMARTS) is 1. The molecular formula is C9H17NO6. The van der Waals surface area contributed by atoms with Crippen molar-refractivity contribution < 1.29 is 30.0 Å². The summed E-state index contributed by atoms with van der Waals surface area (Å²) in [5.41, 5.74) is 4.69.